The third-order valence-corrected chi connectivity index (χ3v) is 9.99. The third kappa shape index (κ3) is 3.13. The van der Waals surface area contributed by atoms with Crippen LogP contribution in [-0.2, 0) is 28.7 Å². The highest BCUT2D eigenvalue weighted by Gasteiger charge is 2.69. The van der Waals surface area contributed by atoms with Crippen molar-refractivity contribution in [1.82, 2.24) is 0 Å². The summed E-state index contributed by atoms with van der Waals surface area (Å²) in [5.74, 6) is -0.274. The van der Waals surface area contributed by atoms with E-state index >= 15 is 0 Å². The Kier molecular flexibility index (Phi) is 5.65. The SMILES string of the molecule is CCCC1(C(=O)C2CC3CC(C2)C(C(=O)OC=O)C3CC)CC2CC1C1C(=CO)OC(=O)C21. The first-order chi connectivity index (χ1) is 15.9. The molecular weight excluding hydrogens is 424 g/mol. The number of carbonyl (C=O) groups is 4. The number of hydrogen-bond donors (Lipinski definition) is 1. The van der Waals surface area contributed by atoms with Gasteiger partial charge in [-0.05, 0) is 68.1 Å². The van der Waals surface area contributed by atoms with Gasteiger partial charge in [0.15, 0.2) is 0 Å². The minimum Gasteiger partial charge on any atom is -0.512 e. The molecule has 0 radical (unpaired) electrons. The standard InChI is InChI=1S/C26H34O7/c1-3-5-26(10-16-9-18(26)22-19(11-27)33-25(31)21(16)22)23(29)15-7-13-6-14(8-15)20(17(13)4-2)24(30)32-12-28/h11-18,20-22,27H,3-10H2,1-2H3. The molecule has 0 aromatic heterocycles. The summed E-state index contributed by atoms with van der Waals surface area (Å²) in [5.41, 5.74) is -0.495. The molecule has 180 valence electrons. The minimum absolute atomic E-state index is 0.0159. The van der Waals surface area contributed by atoms with Gasteiger partial charge >= 0.3 is 18.4 Å². The fourth-order valence-corrected chi connectivity index (χ4v) is 9.18. The maximum atomic E-state index is 14.3. The van der Waals surface area contributed by atoms with Crippen LogP contribution in [-0.4, -0.2) is 29.3 Å². The highest BCUT2D eigenvalue weighted by atomic mass is 16.6. The van der Waals surface area contributed by atoms with E-state index in [1.165, 1.54) is 0 Å². The zero-order chi connectivity index (χ0) is 23.5. The van der Waals surface area contributed by atoms with E-state index in [4.69, 9.17) is 9.47 Å². The predicted octanol–water partition coefficient (Wildman–Crippen LogP) is 3.96. The highest BCUT2D eigenvalue weighted by molar-refractivity contribution is 5.90. The zero-order valence-electron chi connectivity index (χ0n) is 19.4. The van der Waals surface area contributed by atoms with Crippen LogP contribution in [0.1, 0.15) is 65.2 Å². The summed E-state index contributed by atoms with van der Waals surface area (Å²) >= 11 is 0. The second kappa shape index (κ2) is 8.24. The van der Waals surface area contributed by atoms with Gasteiger partial charge in [0.05, 0.1) is 11.8 Å². The fraction of sp³-hybridized carbons (Fsp3) is 0.769. The average molecular weight is 459 g/mol. The van der Waals surface area contributed by atoms with Gasteiger partial charge in [-0.2, -0.15) is 0 Å². The number of aliphatic hydroxyl groups excluding tert-OH is 1. The Balaban J connectivity index is 1.42. The molecular formula is C26H34O7. The van der Waals surface area contributed by atoms with Crippen LogP contribution in [0.3, 0.4) is 0 Å². The molecule has 33 heavy (non-hydrogen) atoms. The van der Waals surface area contributed by atoms with Gasteiger partial charge in [-0.3, -0.25) is 19.2 Å². The van der Waals surface area contributed by atoms with Crippen LogP contribution < -0.4 is 0 Å². The summed E-state index contributed by atoms with van der Waals surface area (Å²) in [7, 11) is 0. The lowest BCUT2D eigenvalue weighted by Gasteiger charge is -2.43. The van der Waals surface area contributed by atoms with E-state index in [9.17, 15) is 24.3 Å². The van der Waals surface area contributed by atoms with Gasteiger partial charge in [0.25, 0.3) is 0 Å². The van der Waals surface area contributed by atoms with Crippen molar-refractivity contribution in [1.29, 1.82) is 0 Å². The molecule has 5 aliphatic rings. The number of aliphatic hydroxyl groups is 1. The Bertz CT molecular complexity index is 893. The van der Waals surface area contributed by atoms with E-state index in [1.807, 2.05) is 0 Å². The lowest BCUT2D eigenvalue weighted by Crippen LogP contribution is -2.46. The zero-order valence-corrected chi connectivity index (χ0v) is 19.4. The molecule has 10 atom stereocenters. The molecule has 0 aromatic rings. The molecule has 1 aliphatic heterocycles. The molecule has 0 amide bonds. The second-order valence-electron chi connectivity index (χ2n) is 11.1. The van der Waals surface area contributed by atoms with Gasteiger partial charge in [-0.1, -0.05) is 26.7 Å². The first-order valence-electron chi connectivity index (χ1n) is 12.6. The third-order valence-electron chi connectivity index (χ3n) is 9.99. The van der Waals surface area contributed by atoms with Crippen LogP contribution >= 0.6 is 0 Å². The van der Waals surface area contributed by atoms with E-state index < -0.39 is 11.4 Å². The molecule has 1 saturated heterocycles. The molecule has 4 bridgehead atoms. The predicted molar refractivity (Wildman–Crippen MR) is 116 cm³/mol. The van der Waals surface area contributed by atoms with E-state index in [0.29, 0.717) is 23.9 Å². The number of ether oxygens (including phenoxy) is 2. The molecule has 7 heteroatoms. The largest absolute Gasteiger partial charge is 0.512 e. The van der Waals surface area contributed by atoms with Gasteiger partial charge < -0.3 is 14.6 Å². The minimum atomic E-state index is -0.495. The van der Waals surface area contributed by atoms with E-state index in [1.54, 1.807) is 0 Å². The second-order valence-corrected chi connectivity index (χ2v) is 11.1. The number of fused-ring (bicyclic) bond motifs is 7. The number of carbonyl (C=O) groups excluding carboxylic acids is 4. The van der Waals surface area contributed by atoms with Gasteiger partial charge in [0, 0.05) is 17.3 Å². The smallest absolute Gasteiger partial charge is 0.316 e. The van der Waals surface area contributed by atoms with E-state index in [-0.39, 0.29) is 59.8 Å². The average Bonchev–Trinajstić information content (AvgIpc) is 3.52. The van der Waals surface area contributed by atoms with Crippen molar-refractivity contribution in [2.45, 2.75) is 65.2 Å². The van der Waals surface area contributed by atoms with Crippen LogP contribution in [0.5, 0.6) is 0 Å². The van der Waals surface area contributed by atoms with Crippen LogP contribution in [0.25, 0.3) is 0 Å². The molecule has 4 aliphatic carbocycles. The number of ketones is 1. The molecule has 10 unspecified atom stereocenters. The molecule has 0 spiro atoms. The number of esters is 2. The normalized spacial score (nSPS) is 46.3. The Hall–Kier alpha value is -2.18. The van der Waals surface area contributed by atoms with Crippen molar-refractivity contribution in [3.8, 4) is 0 Å². The summed E-state index contributed by atoms with van der Waals surface area (Å²) in [6.07, 6.45) is 7.33. The Morgan fingerprint density at radius 2 is 1.88 bits per heavy atom. The summed E-state index contributed by atoms with van der Waals surface area (Å²) in [4.78, 5) is 50.1. The maximum absolute atomic E-state index is 14.3. The molecule has 1 heterocycles. The van der Waals surface area contributed by atoms with Gasteiger partial charge in [-0.15, -0.1) is 0 Å². The fourth-order valence-electron chi connectivity index (χ4n) is 9.18. The first-order valence-corrected chi connectivity index (χ1v) is 12.6. The highest BCUT2D eigenvalue weighted by Crippen LogP contribution is 2.68. The van der Waals surface area contributed by atoms with Crippen molar-refractivity contribution >= 4 is 24.2 Å². The number of hydrogen-bond acceptors (Lipinski definition) is 7. The molecule has 5 rings (SSSR count). The summed E-state index contributed by atoms with van der Waals surface area (Å²) in [5, 5.41) is 9.71. The molecule has 1 N–H and O–H groups in total. The van der Waals surface area contributed by atoms with Crippen LogP contribution in [0.2, 0.25) is 0 Å². The summed E-state index contributed by atoms with van der Waals surface area (Å²) in [6.45, 7) is 4.39. The van der Waals surface area contributed by atoms with Gasteiger partial charge in [0.2, 0.25) is 0 Å². The number of allylic oxidation sites excluding steroid dienone is 1. The molecule has 5 fully saturated rings. The Labute approximate surface area is 194 Å². The lowest BCUT2D eigenvalue weighted by molar-refractivity contribution is -0.157. The Morgan fingerprint density at radius 3 is 2.55 bits per heavy atom. The Morgan fingerprint density at radius 1 is 1.12 bits per heavy atom. The van der Waals surface area contributed by atoms with Crippen LogP contribution in [0.15, 0.2) is 12.0 Å². The number of Topliss-reactive ketones (excluding diaryl/α,β-unsaturated/α-hetero) is 1. The van der Waals surface area contributed by atoms with E-state index in [2.05, 4.69) is 13.8 Å². The van der Waals surface area contributed by atoms with Crippen molar-refractivity contribution in [3.05, 3.63) is 12.0 Å². The van der Waals surface area contributed by atoms with Gasteiger partial charge in [0.1, 0.15) is 17.8 Å². The first kappa shape index (κ1) is 22.6. The van der Waals surface area contributed by atoms with Crippen LogP contribution in [0, 0.1) is 58.7 Å². The van der Waals surface area contributed by atoms with Crippen molar-refractivity contribution in [3.63, 3.8) is 0 Å². The summed E-state index contributed by atoms with van der Waals surface area (Å²) in [6, 6.07) is 0. The van der Waals surface area contributed by atoms with Crippen molar-refractivity contribution < 1.29 is 33.8 Å². The molecule has 0 aromatic carbocycles. The molecule has 7 nitrogen and oxygen atoms in total. The molecule has 4 saturated carbocycles. The number of cyclic esters (lactones) is 1. The quantitative estimate of drug-likeness (QED) is 0.266. The van der Waals surface area contributed by atoms with Crippen molar-refractivity contribution in [2.75, 3.05) is 0 Å². The summed E-state index contributed by atoms with van der Waals surface area (Å²) < 4.78 is 10.1. The topological polar surface area (TPSA) is 107 Å². The maximum Gasteiger partial charge on any atom is 0.316 e. The van der Waals surface area contributed by atoms with Crippen molar-refractivity contribution in [2.24, 2.45) is 58.7 Å². The van der Waals surface area contributed by atoms with E-state index in [0.717, 1.165) is 51.2 Å². The van der Waals surface area contributed by atoms with Gasteiger partial charge in [-0.25, -0.2) is 0 Å². The van der Waals surface area contributed by atoms with Crippen LogP contribution in [0.4, 0.5) is 0 Å². The lowest BCUT2D eigenvalue weighted by atomic mass is 9.57. The number of rotatable bonds is 7. The monoisotopic (exact) mass is 458 g/mol.